The maximum Gasteiger partial charge on any atom is 0.107 e. The first-order valence-corrected chi connectivity index (χ1v) is 9.09. The van der Waals surface area contributed by atoms with E-state index in [0.29, 0.717) is 6.04 Å². The molecule has 1 saturated heterocycles. The molecule has 0 aromatic rings. The van der Waals surface area contributed by atoms with E-state index >= 15 is 0 Å². The van der Waals surface area contributed by atoms with Crippen LogP contribution in [0.25, 0.3) is 0 Å². The summed E-state index contributed by atoms with van der Waals surface area (Å²) >= 11 is 0. The van der Waals surface area contributed by atoms with Gasteiger partial charge in [-0.2, -0.15) is 0 Å². The average molecular weight is 325 g/mol. The van der Waals surface area contributed by atoms with Gasteiger partial charge in [-0.1, -0.05) is 33.3 Å². The number of rotatable bonds is 9. The first-order valence-electron chi connectivity index (χ1n) is 9.09. The molecule has 1 aliphatic heterocycles. The molecule has 1 aliphatic rings. The summed E-state index contributed by atoms with van der Waals surface area (Å²) in [5.41, 5.74) is 0.174. The fraction of sp³-hybridized carbons (Fsp3) is 0.789. The molecule has 0 bridgehead atoms. The molecule has 4 heteroatoms. The van der Waals surface area contributed by atoms with Crippen LogP contribution in [0.4, 0.5) is 0 Å². The molecule has 0 aromatic heterocycles. The molecule has 0 radical (unpaired) electrons. The quantitative estimate of drug-likeness (QED) is 0.680. The third-order valence-corrected chi connectivity index (χ3v) is 5.39. The lowest BCUT2D eigenvalue weighted by molar-refractivity contribution is 0.0209. The third-order valence-electron chi connectivity index (χ3n) is 5.39. The Labute approximate surface area is 142 Å². The van der Waals surface area contributed by atoms with Crippen LogP contribution >= 0.6 is 0 Å². The molecule has 1 rings (SSSR count). The van der Waals surface area contributed by atoms with E-state index in [-0.39, 0.29) is 5.92 Å². The van der Waals surface area contributed by atoms with Gasteiger partial charge in [-0.3, -0.25) is 0 Å². The Morgan fingerprint density at radius 2 is 1.91 bits per heavy atom. The molecule has 0 amide bonds. The minimum absolute atomic E-state index is 0.248. The van der Waals surface area contributed by atoms with Crippen molar-refractivity contribution in [3.05, 3.63) is 24.2 Å². The lowest BCUT2D eigenvalue weighted by atomic mass is 9.79. The van der Waals surface area contributed by atoms with Crippen LogP contribution in [-0.2, 0) is 4.74 Å². The van der Waals surface area contributed by atoms with Gasteiger partial charge in [0.15, 0.2) is 0 Å². The lowest BCUT2D eigenvalue weighted by Gasteiger charge is -2.41. The highest BCUT2D eigenvalue weighted by Crippen LogP contribution is 2.33. The molecular formula is C19H36N2O2. The molecule has 1 atom stereocenters. The number of nitrogens with one attached hydrogen (secondary N) is 1. The van der Waals surface area contributed by atoms with Crippen LogP contribution in [0.1, 0.15) is 60.3 Å². The summed E-state index contributed by atoms with van der Waals surface area (Å²) in [5, 5.41) is 14.5. The average Bonchev–Trinajstić information content (AvgIpc) is 2.56. The zero-order chi connectivity index (χ0) is 17.5. The molecule has 134 valence electrons. The van der Waals surface area contributed by atoms with Crippen LogP contribution in [0, 0.1) is 5.92 Å². The van der Waals surface area contributed by atoms with E-state index in [4.69, 9.17) is 4.74 Å². The molecule has 1 heterocycles. The highest BCUT2D eigenvalue weighted by atomic mass is 16.5. The van der Waals surface area contributed by atoms with Crippen LogP contribution in [0.2, 0.25) is 0 Å². The molecule has 1 fully saturated rings. The van der Waals surface area contributed by atoms with Crippen molar-refractivity contribution in [3.8, 4) is 0 Å². The van der Waals surface area contributed by atoms with Gasteiger partial charge < -0.3 is 20.1 Å². The van der Waals surface area contributed by atoms with Gasteiger partial charge in [-0.05, 0) is 51.3 Å². The van der Waals surface area contributed by atoms with Crippen LogP contribution in [0.5, 0.6) is 0 Å². The molecule has 4 nitrogen and oxygen atoms in total. The van der Waals surface area contributed by atoms with E-state index in [2.05, 4.69) is 37.6 Å². The Kier molecular flexibility index (Phi) is 8.13. The van der Waals surface area contributed by atoms with Crippen molar-refractivity contribution >= 4 is 0 Å². The summed E-state index contributed by atoms with van der Waals surface area (Å²) in [7, 11) is 0. The van der Waals surface area contributed by atoms with Gasteiger partial charge in [0.25, 0.3) is 0 Å². The minimum atomic E-state index is -0.826. The monoisotopic (exact) mass is 324 g/mol. The van der Waals surface area contributed by atoms with Crippen LogP contribution in [0.15, 0.2) is 24.2 Å². The van der Waals surface area contributed by atoms with Crippen molar-refractivity contribution in [2.45, 2.75) is 71.9 Å². The molecule has 2 N–H and O–H groups in total. The molecule has 0 aromatic carbocycles. The largest absolute Gasteiger partial charge is 0.385 e. The second-order valence-corrected chi connectivity index (χ2v) is 6.61. The predicted molar refractivity (Wildman–Crippen MR) is 96.9 cm³/mol. The highest BCUT2D eigenvalue weighted by Gasteiger charge is 2.35. The highest BCUT2D eigenvalue weighted by molar-refractivity contribution is 5.22. The molecule has 0 unspecified atom stereocenters. The van der Waals surface area contributed by atoms with Crippen molar-refractivity contribution in [2.75, 3.05) is 19.8 Å². The SMILES string of the molecule is C=CN/C(=C(/C)[C@@](C)(O)C(CC)CC)N(CC)C1CCOCC1. The van der Waals surface area contributed by atoms with Crippen molar-refractivity contribution in [1.82, 2.24) is 10.2 Å². The van der Waals surface area contributed by atoms with Gasteiger partial charge >= 0.3 is 0 Å². The third kappa shape index (κ3) is 4.74. The van der Waals surface area contributed by atoms with E-state index < -0.39 is 5.60 Å². The summed E-state index contributed by atoms with van der Waals surface area (Å²) in [6.07, 6.45) is 5.69. The summed E-state index contributed by atoms with van der Waals surface area (Å²) < 4.78 is 5.50. The van der Waals surface area contributed by atoms with Crippen LogP contribution in [0.3, 0.4) is 0 Å². The maximum absolute atomic E-state index is 11.2. The van der Waals surface area contributed by atoms with E-state index in [9.17, 15) is 5.11 Å². The Bertz CT molecular complexity index is 394. The topological polar surface area (TPSA) is 44.7 Å². The van der Waals surface area contributed by atoms with Gasteiger partial charge in [-0.15, -0.1) is 0 Å². The van der Waals surface area contributed by atoms with Gasteiger partial charge in [-0.25, -0.2) is 0 Å². The van der Waals surface area contributed by atoms with Crippen molar-refractivity contribution in [2.24, 2.45) is 5.92 Å². The van der Waals surface area contributed by atoms with Gasteiger partial charge in [0, 0.05) is 25.8 Å². The van der Waals surface area contributed by atoms with Gasteiger partial charge in [0.05, 0.1) is 5.60 Å². The maximum atomic E-state index is 11.2. The number of ether oxygens (including phenoxy) is 1. The summed E-state index contributed by atoms with van der Waals surface area (Å²) in [5.74, 6) is 1.25. The number of aliphatic hydroxyl groups is 1. The fourth-order valence-electron chi connectivity index (χ4n) is 3.73. The van der Waals surface area contributed by atoms with Crippen molar-refractivity contribution in [3.63, 3.8) is 0 Å². The van der Waals surface area contributed by atoms with E-state index in [1.807, 2.05) is 13.8 Å². The normalized spacial score (nSPS) is 20.0. The minimum Gasteiger partial charge on any atom is -0.385 e. The zero-order valence-corrected chi connectivity index (χ0v) is 15.7. The Morgan fingerprint density at radius 3 is 2.35 bits per heavy atom. The van der Waals surface area contributed by atoms with Crippen molar-refractivity contribution in [1.29, 1.82) is 0 Å². The predicted octanol–water partition coefficient (Wildman–Crippen LogP) is 3.64. The van der Waals surface area contributed by atoms with Gasteiger partial charge in [0.2, 0.25) is 0 Å². The van der Waals surface area contributed by atoms with E-state index in [0.717, 1.165) is 56.8 Å². The Hall–Kier alpha value is -1.00. The number of hydrogen-bond acceptors (Lipinski definition) is 4. The molecule has 0 aliphatic carbocycles. The van der Waals surface area contributed by atoms with Crippen molar-refractivity contribution < 1.29 is 9.84 Å². The fourth-order valence-corrected chi connectivity index (χ4v) is 3.73. The summed E-state index contributed by atoms with van der Waals surface area (Å²) in [4.78, 5) is 2.37. The smallest absolute Gasteiger partial charge is 0.107 e. The molecule has 0 spiro atoms. The van der Waals surface area contributed by atoms with E-state index in [1.54, 1.807) is 6.20 Å². The Morgan fingerprint density at radius 1 is 1.35 bits per heavy atom. The number of nitrogens with zero attached hydrogens (tertiary/aromatic N) is 1. The first-order chi connectivity index (χ1) is 10.9. The second-order valence-electron chi connectivity index (χ2n) is 6.61. The lowest BCUT2D eigenvalue weighted by Crippen LogP contribution is -2.45. The Balaban J connectivity index is 3.20. The number of hydrogen-bond donors (Lipinski definition) is 2. The van der Waals surface area contributed by atoms with Gasteiger partial charge in [0.1, 0.15) is 5.82 Å². The summed E-state index contributed by atoms with van der Waals surface area (Å²) in [6.45, 7) is 16.8. The first kappa shape index (κ1) is 20.0. The standard InChI is InChI=1S/C19H36N2O2/c1-7-16(8-2)19(6,22)15(5)18(20-9-3)21(10-4)17-11-13-23-14-12-17/h9,16-17,20,22H,3,7-8,10-14H2,1-2,4-6H3/b18-15+/t19-/m1/s1. The summed E-state index contributed by atoms with van der Waals surface area (Å²) in [6, 6.07) is 0.448. The van der Waals surface area contributed by atoms with Crippen LogP contribution < -0.4 is 5.32 Å². The molecule has 0 saturated carbocycles. The zero-order valence-electron chi connectivity index (χ0n) is 15.7. The van der Waals surface area contributed by atoms with E-state index in [1.165, 1.54) is 0 Å². The second kappa shape index (κ2) is 9.33. The van der Waals surface area contributed by atoms with Crippen LogP contribution in [-0.4, -0.2) is 41.4 Å². The molecular weight excluding hydrogens is 288 g/mol. The molecule has 23 heavy (non-hydrogen) atoms.